The normalized spacial score (nSPS) is 16.0. The molecule has 1 atom stereocenters. The number of amides is 1. The summed E-state index contributed by atoms with van der Waals surface area (Å²) >= 11 is 3.48. The van der Waals surface area contributed by atoms with E-state index in [0.29, 0.717) is 18.9 Å². The van der Waals surface area contributed by atoms with Crippen LogP contribution in [0.5, 0.6) is 0 Å². The zero-order chi connectivity index (χ0) is 14.7. The monoisotopic (exact) mass is 339 g/mol. The molecule has 0 aromatic heterocycles. The Bertz CT molecular complexity index is 485. The quantitative estimate of drug-likeness (QED) is 0.865. The van der Waals surface area contributed by atoms with Gasteiger partial charge in [-0.15, -0.1) is 0 Å². The molecule has 4 heteroatoms. The SMILES string of the molecule is Cc1cc(CCC(=O)N(C)CC(O)C2CC2)ccc1Br. The van der Waals surface area contributed by atoms with Crippen molar-refractivity contribution in [3.8, 4) is 0 Å². The summed E-state index contributed by atoms with van der Waals surface area (Å²) in [6.07, 6.45) is 3.09. The Balaban J connectivity index is 1.79. The zero-order valence-corrected chi connectivity index (χ0v) is 13.7. The first-order chi connectivity index (χ1) is 9.47. The standard InChI is InChI=1S/C16H22BrNO2/c1-11-9-12(3-7-14(11)17)4-8-16(20)18(2)10-15(19)13-5-6-13/h3,7,9,13,15,19H,4-6,8,10H2,1-2H3. The second kappa shape index (κ2) is 6.72. The maximum atomic E-state index is 12.1. The number of hydrogen-bond acceptors (Lipinski definition) is 2. The summed E-state index contributed by atoms with van der Waals surface area (Å²) in [6, 6.07) is 6.18. The molecule has 0 saturated heterocycles. The van der Waals surface area contributed by atoms with Crippen molar-refractivity contribution in [3.05, 3.63) is 33.8 Å². The van der Waals surface area contributed by atoms with Gasteiger partial charge in [0.1, 0.15) is 0 Å². The second-order valence-corrected chi connectivity index (χ2v) is 6.62. The van der Waals surface area contributed by atoms with E-state index in [0.717, 1.165) is 23.7 Å². The predicted octanol–water partition coefficient (Wildman–Crippen LogP) is 2.92. The average Bonchev–Trinajstić information content (AvgIpc) is 3.24. The Hall–Kier alpha value is -0.870. The van der Waals surface area contributed by atoms with Crippen LogP contribution < -0.4 is 0 Å². The van der Waals surface area contributed by atoms with Crippen LogP contribution in [0, 0.1) is 12.8 Å². The van der Waals surface area contributed by atoms with E-state index in [2.05, 4.69) is 22.0 Å². The van der Waals surface area contributed by atoms with E-state index in [9.17, 15) is 9.90 Å². The molecule has 1 amide bonds. The van der Waals surface area contributed by atoms with E-state index in [1.807, 2.05) is 19.1 Å². The molecule has 0 heterocycles. The van der Waals surface area contributed by atoms with Gasteiger partial charge in [0, 0.05) is 24.5 Å². The van der Waals surface area contributed by atoms with Gasteiger partial charge in [0.15, 0.2) is 0 Å². The Labute approximate surface area is 129 Å². The lowest BCUT2D eigenvalue weighted by molar-refractivity contribution is -0.131. The van der Waals surface area contributed by atoms with Gasteiger partial charge in [-0.05, 0) is 49.3 Å². The summed E-state index contributed by atoms with van der Waals surface area (Å²) in [7, 11) is 1.78. The highest BCUT2D eigenvalue weighted by atomic mass is 79.9. The molecule has 1 aromatic rings. The van der Waals surface area contributed by atoms with Crippen molar-refractivity contribution in [1.82, 2.24) is 4.90 Å². The van der Waals surface area contributed by atoms with Gasteiger partial charge < -0.3 is 10.0 Å². The molecule has 0 radical (unpaired) electrons. The van der Waals surface area contributed by atoms with Crippen molar-refractivity contribution in [1.29, 1.82) is 0 Å². The number of nitrogens with zero attached hydrogens (tertiary/aromatic N) is 1. The fraction of sp³-hybridized carbons (Fsp3) is 0.562. The van der Waals surface area contributed by atoms with Gasteiger partial charge in [-0.3, -0.25) is 4.79 Å². The summed E-state index contributed by atoms with van der Waals surface area (Å²) in [5.74, 6) is 0.518. The highest BCUT2D eigenvalue weighted by molar-refractivity contribution is 9.10. The number of likely N-dealkylation sites (N-methyl/N-ethyl adjacent to an activating group) is 1. The minimum Gasteiger partial charge on any atom is -0.391 e. The zero-order valence-electron chi connectivity index (χ0n) is 12.1. The fourth-order valence-corrected chi connectivity index (χ4v) is 2.56. The lowest BCUT2D eigenvalue weighted by Gasteiger charge is -2.20. The van der Waals surface area contributed by atoms with E-state index in [1.165, 1.54) is 11.1 Å². The number of carbonyl (C=O) groups excluding carboxylic acids is 1. The van der Waals surface area contributed by atoms with Gasteiger partial charge in [-0.1, -0.05) is 28.1 Å². The summed E-state index contributed by atoms with van der Waals surface area (Å²) < 4.78 is 1.09. The Morgan fingerprint density at radius 3 is 2.80 bits per heavy atom. The fourth-order valence-electron chi connectivity index (χ4n) is 2.32. The molecule has 1 fully saturated rings. The molecule has 1 unspecified atom stereocenters. The first-order valence-corrected chi connectivity index (χ1v) is 7.93. The van der Waals surface area contributed by atoms with Crippen LogP contribution in [0.1, 0.15) is 30.4 Å². The molecule has 0 aliphatic heterocycles. The van der Waals surface area contributed by atoms with Crippen LogP contribution in [0.25, 0.3) is 0 Å². The first kappa shape index (κ1) is 15.5. The molecule has 1 saturated carbocycles. The Morgan fingerprint density at radius 1 is 1.50 bits per heavy atom. The molecule has 3 nitrogen and oxygen atoms in total. The van der Waals surface area contributed by atoms with Crippen molar-refractivity contribution in [2.45, 2.75) is 38.7 Å². The van der Waals surface area contributed by atoms with Gasteiger partial charge >= 0.3 is 0 Å². The average molecular weight is 340 g/mol. The molecule has 2 rings (SSSR count). The highest BCUT2D eigenvalue weighted by Crippen LogP contribution is 2.32. The van der Waals surface area contributed by atoms with Crippen LogP contribution in [0.3, 0.4) is 0 Å². The maximum absolute atomic E-state index is 12.1. The topological polar surface area (TPSA) is 40.5 Å². The van der Waals surface area contributed by atoms with E-state index < -0.39 is 0 Å². The molecule has 0 spiro atoms. The predicted molar refractivity (Wildman–Crippen MR) is 83.6 cm³/mol. The summed E-state index contributed by atoms with van der Waals surface area (Å²) in [5.41, 5.74) is 2.36. The van der Waals surface area contributed by atoms with Crippen molar-refractivity contribution >= 4 is 21.8 Å². The van der Waals surface area contributed by atoms with Gasteiger partial charge in [0.25, 0.3) is 0 Å². The van der Waals surface area contributed by atoms with Crippen molar-refractivity contribution in [3.63, 3.8) is 0 Å². The number of halogens is 1. The number of carbonyl (C=O) groups is 1. The van der Waals surface area contributed by atoms with Gasteiger partial charge in [-0.25, -0.2) is 0 Å². The van der Waals surface area contributed by atoms with Gasteiger partial charge in [0.2, 0.25) is 5.91 Å². The minimum absolute atomic E-state index is 0.102. The molecule has 20 heavy (non-hydrogen) atoms. The molecule has 1 N–H and O–H groups in total. The molecule has 1 aromatic carbocycles. The van der Waals surface area contributed by atoms with Crippen molar-refractivity contribution in [2.24, 2.45) is 5.92 Å². The van der Waals surface area contributed by atoms with Gasteiger partial charge in [0.05, 0.1) is 6.10 Å². The third-order valence-electron chi connectivity index (χ3n) is 3.90. The van der Waals surface area contributed by atoms with E-state index in [4.69, 9.17) is 0 Å². The number of hydrogen-bond donors (Lipinski definition) is 1. The minimum atomic E-state index is -0.348. The van der Waals surface area contributed by atoms with E-state index >= 15 is 0 Å². The highest BCUT2D eigenvalue weighted by Gasteiger charge is 2.30. The van der Waals surface area contributed by atoms with Crippen LogP contribution in [0.4, 0.5) is 0 Å². The molecular formula is C16H22BrNO2. The molecule has 1 aliphatic carbocycles. The number of aliphatic hydroxyl groups is 1. The molecular weight excluding hydrogens is 318 g/mol. The summed E-state index contributed by atoms with van der Waals surface area (Å²) in [4.78, 5) is 13.7. The lowest BCUT2D eigenvalue weighted by atomic mass is 10.1. The largest absolute Gasteiger partial charge is 0.391 e. The first-order valence-electron chi connectivity index (χ1n) is 7.14. The van der Waals surface area contributed by atoms with Crippen LogP contribution in [0.2, 0.25) is 0 Å². The number of rotatable bonds is 6. The second-order valence-electron chi connectivity index (χ2n) is 5.76. The Kier molecular flexibility index (Phi) is 5.22. The lowest BCUT2D eigenvalue weighted by Crippen LogP contribution is -2.35. The van der Waals surface area contributed by atoms with Crippen LogP contribution >= 0.6 is 15.9 Å². The Morgan fingerprint density at radius 2 is 2.20 bits per heavy atom. The number of aryl methyl sites for hydroxylation is 2. The number of aliphatic hydroxyl groups excluding tert-OH is 1. The maximum Gasteiger partial charge on any atom is 0.222 e. The summed E-state index contributed by atoms with van der Waals surface area (Å²) in [5, 5.41) is 9.86. The third-order valence-corrected chi connectivity index (χ3v) is 4.79. The van der Waals surface area contributed by atoms with Crippen molar-refractivity contribution in [2.75, 3.05) is 13.6 Å². The van der Waals surface area contributed by atoms with E-state index in [-0.39, 0.29) is 12.0 Å². The van der Waals surface area contributed by atoms with Gasteiger partial charge in [-0.2, -0.15) is 0 Å². The summed E-state index contributed by atoms with van der Waals surface area (Å²) in [6.45, 7) is 2.51. The van der Waals surface area contributed by atoms with Crippen LogP contribution in [-0.4, -0.2) is 35.6 Å². The molecule has 1 aliphatic rings. The molecule has 110 valence electrons. The van der Waals surface area contributed by atoms with Crippen LogP contribution in [0.15, 0.2) is 22.7 Å². The molecule has 0 bridgehead atoms. The van der Waals surface area contributed by atoms with Crippen LogP contribution in [-0.2, 0) is 11.2 Å². The smallest absolute Gasteiger partial charge is 0.222 e. The van der Waals surface area contributed by atoms with E-state index in [1.54, 1.807) is 11.9 Å². The third kappa shape index (κ3) is 4.32. The number of benzene rings is 1. The van der Waals surface area contributed by atoms with Crippen molar-refractivity contribution < 1.29 is 9.90 Å².